The minimum Gasteiger partial charge on any atom is -0.497 e. The summed E-state index contributed by atoms with van der Waals surface area (Å²) >= 11 is 0. The van der Waals surface area contributed by atoms with Gasteiger partial charge < -0.3 is 19.9 Å². The predicted octanol–water partition coefficient (Wildman–Crippen LogP) is 0.401. The van der Waals surface area contributed by atoms with Crippen LogP contribution < -0.4 is 25.0 Å². The standard InChI is InChI=1S/C24H23N5O7/c1-35-14-4-3-13-12-29(20(31)15(13)11-14)24(22(33)26-23(34)27-24)9-7-16-18(36-2)5-6-19(25-16)28-10-8-17(30)21(28)32/h3-7,9,11,17,30H,8,10,12H2,1-2H3,(H2,26,27,33,34)/t17-,24+/m0/s1. The molecule has 36 heavy (non-hydrogen) atoms. The smallest absolute Gasteiger partial charge is 0.324 e. The number of amides is 5. The monoisotopic (exact) mass is 493 g/mol. The Balaban J connectivity index is 1.53. The highest BCUT2D eigenvalue weighted by Crippen LogP contribution is 2.34. The van der Waals surface area contributed by atoms with Gasteiger partial charge in [-0.3, -0.25) is 29.5 Å². The fourth-order valence-electron chi connectivity index (χ4n) is 4.53. The second-order valence-electron chi connectivity index (χ2n) is 8.47. The number of methoxy groups -OCH3 is 2. The van der Waals surface area contributed by atoms with E-state index in [9.17, 15) is 24.3 Å². The summed E-state index contributed by atoms with van der Waals surface area (Å²) in [5.41, 5.74) is -0.544. The van der Waals surface area contributed by atoms with Crippen LogP contribution in [0.2, 0.25) is 0 Å². The van der Waals surface area contributed by atoms with Gasteiger partial charge in [0.25, 0.3) is 17.7 Å². The van der Waals surface area contributed by atoms with Gasteiger partial charge in [-0.05, 0) is 42.0 Å². The fourth-order valence-corrected chi connectivity index (χ4v) is 4.53. The van der Waals surface area contributed by atoms with Crippen LogP contribution in [-0.2, 0) is 16.1 Å². The van der Waals surface area contributed by atoms with Gasteiger partial charge in [-0.25, -0.2) is 9.78 Å². The number of nitrogens with one attached hydrogen (secondary N) is 2. The van der Waals surface area contributed by atoms with Crippen LogP contribution in [0.15, 0.2) is 36.4 Å². The van der Waals surface area contributed by atoms with Gasteiger partial charge in [-0.15, -0.1) is 0 Å². The number of anilines is 1. The zero-order valence-electron chi connectivity index (χ0n) is 19.5. The highest BCUT2D eigenvalue weighted by atomic mass is 16.5. The molecule has 0 spiro atoms. The molecular weight excluding hydrogens is 470 g/mol. The number of hydrogen-bond donors (Lipinski definition) is 3. The van der Waals surface area contributed by atoms with E-state index in [1.54, 1.807) is 30.3 Å². The summed E-state index contributed by atoms with van der Waals surface area (Å²) in [4.78, 5) is 57.9. The number of aliphatic hydroxyl groups excluding tert-OH is 1. The second kappa shape index (κ2) is 8.64. The number of fused-ring (bicyclic) bond motifs is 1. The molecule has 5 amide bonds. The molecule has 3 aliphatic heterocycles. The van der Waals surface area contributed by atoms with Crippen LogP contribution in [0.4, 0.5) is 10.6 Å². The number of carbonyl (C=O) groups is 4. The highest BCUT2D eigenvalue weighted by molar-refractivity contribution is 6.12. The first kappa shape index (κ1) is 23.3. The van der Waals surface area contributed by atoms with Crippen LogP contribution in [-0.4, -0.2) is 71.3 Å². The van der Waals surface area contributed by atoms with E-state index in [0.717, 1.165) is 0 Å². The lowest BCUT2D eigenvalue weighted by Crippen LogP contribution is -2.59. The molecule has 0 saturated carbocycles. The van der Waals surface area contributed by atoms with E-state index < -0.39 is 35.5 Å². The first-order valence-electron chi connectivity index (χ1n) is 11.1. The molecule has 1 aromatic heterocycles. The number of pyridine rings is 1. The number of urea groups is 1. The van der Waals surface area contributed by atoms with Gasteiger partial charge in [0.1, 0.15) is 29.1 Å². The summed E-state index contributed by atoms with van der Waals surface area (Å²) in [7, 11) is 2.92. The Labute approximate surface area is 205 Å². The third kappa shape index (κ3) is 3.62. The molecule has 2 fully saturated rings. The van der Waals surface area contributed by atoms with E-state index in [1.807, 2.05) is 0 Å². The van der Waals surface area contributed by atoms with E-state index in [4.69, 9.17) is 9.47 Å². The molecule has 12 nitrogen and oxygen atoms in total. The van der Waals surface area contributed by atoms with Crippen LogP contribution in [0.3, 0.4) is 0 Å². The summed E-state index contributed by atoms with van der Waals surface area (Å²) in [6, 6.07) is 7.45. The minimum absolute atomic E-state index is 0.0704. The number of aromatic nitrogens is 1. The number of aliphatic hydroxyl groups is 1. The lowest BCUT2D eigenvalue weighted by atomic mass is 10.1. The summed E-state index contributed by atoms with van der Waals surface area (Å²) < 4.78 is 10.6. The molecule has 0 aliphatic carbocycles. The Morgan fingerprint density at radius 1 is 1.14 bits per heavy atom. The summed E-state index contributed by atoms with van der Waals surface area (Å²) in [5, 5.41) is 14.6. The Kier molecular flexibility index (Phi) is 5.59. The third-order valence-corrected chi connectivity index (χ3v) is 6.45. The first-order chi connectivity index (χ1) is 17.3. The van der Waals surface area contributed by atoms with Gasteiger partial charge in [0.05, 0.1) is 14.2 Å². The molecule has 186 valence electrons. The van der Waals surface area contributed by atoms with Crippen molar-refractivity contribution in [1.82, 2.24) is 20.5 Å². The van der Waals surface area contributed by atoms with Gasteiger partial charge in [0.15, 0.2) is 0 Å². The SMILES string of the molecule is COc1ccc2c(c1)C(=O)N([C@@]1(C=Cc3nc(N4CC[C@H](O)C4=O)ccc3OC)NC(=O)NC1=O)C2. The zero-order valence-corrected chi connectivity index (χ0v) is 19.5. The topological polar surface area (TPSA) is 150 Å². The lowest BCUT2D eigenvalue weighted by Gasteiger charge is -2.32. The predicted molar refractivity (Wildman–Crippen MR) is 125 cm³/mol. The molecule has 5 rings (SSSR count). The number of nitrogens with zero attached hydrogens (tertiary/aromatic N) is 3. The van der Waals surface area contributed by atoms with Crippen molar-refractivity contribution in [3.8, 4) is 11.5 Å². The van der Waals surface area contributed by atoms with Crippen molar-refractivity contribution < 1.29 is 33.8 Å². The molecule has 4 heterocycles. The van der Waals surface area contributed by atoms with Gasteiger partial charge in [0.2, 0.25) is 5.66 Å². The number of imide groups is 1. The summed E-state index contributed by atoms with van der Waals surface area (Å²) in [5.74, 6) is -0.537. The molecule has 3 N–H and O–H groups in total. The molecule has 0 unspecified atom stereocenters. The fraction of sp³-hybridized carbons (Fsp3) is 0.292. The van der Waals surface area contributed by atoms with E-state index in [1.165, 1.54) is 36.2 Å². The van der Waals surface area contributed by atoms with E-state index in [-0.39, 0.29) is 18.7 Å². The molecule has 2 atom stereocenters. The first-order valence-corrected chi connectivity index (χ1v) is 11.1. The van der Waals surface area contributed by atoms with Crippen molar-refractivity contribution in [3.63, 3.8) is 0 Å². The molecule has 2 aromatic rings. The van der Waals surface area contributed by atoms with E-state index in [0.29, 0.717) is 35.0 Å². The number of hydrogen-bond acceptors (Lipinski definition) is 8. The van der Waals surface area contributed by atoms with Gasteiger partial charge >= 0.3 is 6.03 Å². The average Bonchev–Trinajstić information content (AvgIpc) is 3.49. The number of benzene rings is 1. The van der Waals surface area contributed by atoms with Gasteiger partial charge in [-0.2, -0.15) is 0 Å². The van der Waals surface area contributed by atoms with Crippen LogP contribution in [0.5, 0.6) is 11.5 Å². The van der Waals surface area contributed by atoms with E-state index >= 15 is 0 Å². The molecule has 1 aromatic carbocycles. The van der Waals surface area contributed by atoms with Crippen LogP contribution in [0.1, 0.15) is 28.0 Å². The molecule has 2 saturated heterocycles. The van der Waals surface area contributed by atoms with Gasteiger partial charge in [-0.1, -0.05) is 6.07 Å². The molecule has 3 aliphatic rings. The maximum absolute atomic E-state index is 13.3. The van der Waals surface area contributed by atoms with Crippen molar-refractivity contribution in [2.24, 2.45) is 0 Å². The van der Waals surface area contributed by atoms with Crippen LogP contribution >= 0.6 is 0 Å². The van der Waals surface area contributed by atoms with Gasteiger partial charge in [0, 0.05) is 25.1 Å². The maximum atomic E-state index is 13.3. The van der Waals surface area contributed by atoms with E-state index in [2.05, 4.69) is 15.6 Å². The van der Waals surface area contributed by atoms with Crippen molar-refractivity contribution in [1.29, 1.82) is 0 Å². The Hall–Kier alpha value is -4.45. The van der Waals surface area contributed by atoms with Crippen molar-refractivity contribution in [2.75, 3.05) is 25.7 Å². The number of ether oxygens (including phenoxy) is 2. The minimum atomic E-state index is -1.83. The quantitative estimate of drug-likeness (QED) is 0.490. The van der Waals surface area contributed by atoms with Crippen LogP contribution in [0.25, 0.3) is 6.08 Å². The van der Waals surface area contributed by atoms with Crippen LogP contribution in [0, 0.1) is 0 Å². The second-order valence-corrected chi connectivity index (χ2v) is 8.47. The zero-order chi connectivity index (χ0) is 25.6. The Morgan fingerprint density at radius 3 is 2.58 bits per heavy atom. The normalized spacial score (nSPS) is 23.4. The molecule has 0 radical (unpaired) electrons. The molecule has 0 bridgehead atoms. The summed E-state index contributed by atoms with van der Waals surface area (Å²) in [6.45, 7) is 0.371. The lowest BCUT2D eigenvalue weighted by molar-refractivity contribution is -0.127. The summed E-state index contributed by atoms with van der Waals surface area (Å²) in [6.07, 6.45) is 2.01. The van der Waals surface area contributed by atoms with Crippen molar-refractivity contribution in [2.45, 2.75) is 24.7 Å². The Bertz CT molecular complexity index is 1330. The molecular formula is C24H23N5O7. The largest absolute Gasteiger partial charge is 0.497 e. The van der Waals surface area contributed by atoms with Crippen molar-refractivity contribution in [3.05, 3.63) is 53.2 Å². The number of rotatable bonds is 6. The third-order valence-electron chi connectivity index (χ3n) is 6.45. The average molecular weight is 493 g/mol. The Morgan fingerprint density at radius 2 is 1.94 bits per heavy atom. The highest BCUT2D eigenvalue weighted by Gasteiger charge is 2.53. The maximum Gasteiger partial charge on any atom is 0.324 e. The number of carbonyl (C=O) groups excluding carboxylic acids is 4. The molecule has 12 heteroatoms. The van der Waals surface area contributed by atoms with Crippen molar-refractivity contribution >= 4 is 35.6 Å².